The topological polar surface area (TPSA) is 102 Å². The number of amides is 1. The molecule has 0 aliphatic heterocycles. The zero-order valence-electron chi connectivity index (χ0n) is 15.0. The predicted molar refractivity (Wildman–Crippen MR) is 91.3 cm³/mol. The van der Waals surface area contributed by atoms with Gasteiger partial charge in [-0.3, -0.25) is 4.79 Å². The summed E-state index contributed by atoms with van der Waals surface area (Å²) in [4.78, 5) is 34.5. The standard InChI is InChI=1S/C18H25NO6/c1-5-24-15(20)11-13-8-6-12(7-9-13)10-14(16(21)22)19-17(23)25-18(2,3)4/h6-9,14H,5,10-11H2,1-4H3,(H,19,23)(H,21,22)/t14-/m0/s1. The van der Waals surface area contributed by atoms with E-state index in [1.165, 1.54) is 0 Å². The van der Waals surface area contributed by atoms with Gasteiger partial charge in [0.1, 0.15) is 11.6 Å². The van der Waals surface area contributed by atoms with Gasteiger partial charge in [-0.2, -0.15) is 0 Å². The van der Waals surface area contributed by atoms with Crippen LogP contribution in [-0.4, -0.2) is 41.4 Å². The van der Waals surface area contributed by atoms with Crippen molar-refractivity contribution in [2.45, 2.75) is 52.2 Å². The second kappa shape index (κ2) is 9.05. The molecule has 1 atom stereocenters. The molecule has 0 aliphatic rings. The quantitative estimate of drug-likeness (QED) is 0.731. The van der Waals surface area contributed by atoms with E-state index in [1.54, 1.807) is 52.0 Å². The van der Waals surface area contributed by atoms with Crippen LogP contribution in [0.2, 0.25) is 0 Å². The fourth-order valence-electron chi connectivity index (χ4n) is 2.06. The Bertz CT molecular complexity index is 603. The van der Waals surface area contributed by atoms with E-state index in [0.29, 0.717) is 6.61 Å². The molecule has 1 aromatic carbocycles. The highest BCUT2D eigenvalue weighted by atomic mass is 16.6. The molecule has 25 heavy (non-hydrogen) atoms. The molecule has 0 saturated heterocycles. The van der Waals surface area contributed by atoms with Crippen molar-refractivity contribution in [3.05, 3.63) is 35.4 Å². The summed E-state index contributed by atoms with van der Waals surface area (Å²) in [5.74, 6) is -1.47. The average Bonchev–Trinajstić information content (AvgIpc) is 2.46. The maximum atomic E-state index is 11.8. The Hall–Kier alpha value is -2.57. The molecule has 0 bridgehead atoms. The van der Waals surface area contributed by atoms with Gasteiger partial charge in [0.15, 0.2) is 0 Å². The first kappa shape index (κ1) is 20.5. The summed E-state index contributed by atoms with van der Waals surface area (Å²) in [6.45, 7) is 7.16. The Balaban J connectivity index is 2.68. The van der Waals surface area contributed by atoms with E-state index in [-0.39, 0.29) is 18.8 Å². The fourth-order valence-corrected chi connectivity index (χ4v) is 2.06. The third-order valence-electron chi connectivity index (χ3n) is 3.11. The number of ether oxygens (including phenoxy) is 2. The van der Waals surface area contributed by atoms with Gasteiger partial charge in [0.25, 0.3) is 0 Å². The van der Waals surface area contributed by atoms with Gasteiger partial charge < -0.3 is 19.9 Å². The van der Waals surface area contributed by atoms with Gasteiger partial charge >= 0.3 is 18.0 Å². The third kappa shape index (κ3) is 8.19. The van der Waals surface area contributed by atoms with Crippen LogP contribution in [0.3, 0.4) is 0 Å². The van der Waals surface area contributed by atoms with E-state index in [0.717, 1.165) is 11.1 Å². The predicted octanol–water partition coefficient (Wildman–Crippen LogP) is 2.31. The second-order valence-electron chi connectivity index (χ2n) is 6.54. The average molecular weight is 351 g/mol. The van der Waals surface area contributed by atoms with Gasteiger partial charge in [-0.05, 0) is 38.8 Å². The molecule has 1 aromatic rings. The SMILES string of the molecule is CCOC(=O)Cc1ccc(C[C@H](NC(=O)OC(C)(C)C)C(=O)O)cc1. The van der Waals surface area contributed by atoms with E-state index >= 15 is 0 Å². The van der Waals surface area contributed by atoms with Crippen LogP contribution < -0.4 is 5.32 Å². The minimum atomic E-state index is -1.15. The molecule has 0 heterocycles. The first-order valence-corrected chi connectivity index (χ1v) is 8.06. The highest BCUT2D eigenvalue weighted by Crippen LogP contribution is 2.10. The summed E-state index contributed by atoms with van der Waals surface area (Å²) in [6.07, 6.45) is -0.514. The maximum absolute atomic E-state index is 11.8. The smallest absolute Gasteiger partial charge is 0.408 e. The lowest BCUT2D eigenvalue weighted by Gasteiger charge is -2.22. The third-order valence-corrected chi connectivity index (χ3v) is 3.11. The molecular formula is C18H25NO6. The molecule has 0 spiro atoms. The van der Waals surface area contributed by atoms with Crippen molar-refractivity contribution < 1.29 is 29.0 Å². The summed E-state index contributed by atoms with van der Waals surface area (Å²) >= 11 is 0. The number of alkyl carbamates (subject to hydrolysis) is 1. The highest BCUT2D eigenvalue weighted by molar-refractivity contribution is 5.80. The molecule has 0 radical (unpaired) electrons. The van der Waals surface area contributed by atoms with Crippen molar-refractivity contribution in [3.63, 3.8) is 0 Å². The van der Waals surface area contributed by atoms with Gasteiger partial charge in [-0.25, -0.2) is 9.59 Å². The number of aliphatic carboxylic acids is 1. The minimum absolute atomic E-state index is 0.105. The largest absolute Gasteiger partial charge is 0.480 e. The molecule has 2 N–H and O–H groups in total. The molecule has 0 aromatic heterocycles. The van der Waals surface area contributed by atoms with Crippen LogP contribution in [0.4, 0.5) is 4.79 Å². The van der Waals surface area contributed by atoms with E-state index in [2.05, 4.69) is 5.32 Å². The molecule has 7 heteroatoms. The number of rotatable bonds is 7. The van der Waals surface area contributed by atoms with Crippen LogP contribution in [0.25, 0.3) is 0 Å². The monoisotopic (exact) mass is 351 g/mol. The van der Waals surface area contributed by atoms with Gasteiger partial charge in [0.2, 0.25) is 0 Å². The molecular weight excluding hydrogens is 326 g/mol. The number of carbonyl (C=O) groups excluding carboxylic acids is 2. The van der Waals surface area contributed by atoms with Gasteiger partial charge in [0, 0.05) is 6.42 Å². The normalized spacial score (nSPS) is 12.2. The Kier molecular flexibility index (Phi) is 7.42. The van der Waals surface area contributed by atoms with E-state index in [9.17, 15) is 19.5 Å². The van der Waals surface area contributed by atoms with Crippen molar-refractivity contribution in [2.24, 2.45) is 0 Å². The fraction of sp³-hybridized carbons (Fsp3) is 0.500. The summed E-state index contributed by atoms with van der Waals surface area (Å²) in [5, 5.41) is 11.6. The lowest BCUT2D eigenvalue weighted by molar-refractivity contribution is -0.142. The molecule has 138 valence electrons. The number of hydrogen-bond donors (Lipinski definition) is 2. The summed E-state index contributed by atoms with van der Waals surface area (Å²) < 4.78 is 9.95. The van der Waals surface area contributed by atoms with E-state index in [1.807, 2.05) is 0 Å². The van der Waals surface area contributed by atoms with Crippen molar-refractivity contribution in [1.82, 2.24) is 5.32 Å². The van der Waals surface area contributed by atoms with Crippen LogP contribution in [-0.2, 0) is 31.9 Å². The first-order chi connectivity index (χ1) is 11.6. The summed E-state index contributed by atoms with van der Waals surface area (Å²) in [5.41, 5.74) is 0.785. The molecule has 0 fully saturated rings. The first-order valence-electron chi connectivity index (χ1n) is 8.06. The number of carboxylic acids is 1. The van der Waals surface area contributed by atoms with Crippen LogP contribution >= 0.6 is 0 Å². The number of carbonyl (C=O) groups is 3. The van der Waals surface area contributed by atoms with Crippen LogP contribution in [0.1, 0.15) is 38.8 Å². The Morgan fingerprint density at radius 3 is 2.16 bits per heavy atom. The maximum Gasteiger partial charge on any atom is 0.408 e. The molecule has 0 aliphatic carbocycles. The second-order valence-corrected chi connectivity index (χ2v) is 6.54. The van der Waals surface area contributed by atoms with Crippen molar-refractivity contribution in [3.8, 4) is 0 Å². The molecule has 1 rings (SSSR count). The number of nitrogens with one attached hydrogen (secondary N) is 1. The van der Waals surface area contributed by atoms with Gasteiger partial charge in [-0.1, -0.05) is 24.3 Å². The number of benzene rings is 1. The Morgan fingerprint density at radius 1 is 1.12 bits per heavy atom. The zero-order valence-corrected chi connectivity index (χ0v) is 15.0. The highest BCUT2D eigenvalue weighted by Gasteiger charge is 2.24. The van der Waals surface area contributed by atoms with Gasteiger partial charge in [-0.15, -0.1) is 0 Å². The lowest BCUT2D eigenvalue weighted by atomic mass is 10.0. The summed E-state index contributed by atoms with van der Waals surface area (Å²) in [6, 6.07) is 5.81. The molecule has 7 nitrogen and oxygen atoms in total. The number of carboxylic acid groups (broad SMARTS) is 1. The van der Waals surface area contributed by atoms with Crippen molar-refractivity contribution in [1.29, 1.82) is 0 Å². The van der Waals surface area contributed by atoms with Crippen LogP contribution in [0.15, 0.2) is 24.3 Å². The number of esters is 1. The summed E-state index contributed by atoms with van der Waals surface area (Å²) in [7, 11) is 0. The lowest BCUT2D eigenvalue weighted by Crippen LogP contribution is -2.44. The Morgan fingerprint density at radius 2 is 1.68 bits per heavy atom. The van der Waals surface area contributed by atoms with Crippen LogP contribution in [0.5, 0.6) is 0 Å². The van der Waals surface area contributed by atoms with E-state index < -0.39 is 23.7 Å². The molecule has 0 saturated carbocycles. The number of hydrogen-bond acceptors (Lipinski definition) is 5. The zero-order chi connectivity index (χ0) is 19.0. The molecule has 0 unspecified atom stereocenters. The van der Waals surface area contributed by atoms with Crippen molar-refractivity contribution in [2.75, 3.05) is 6.61 Å². The minimum Gasteiger partial charge on any atom is -0.480 e. The Labute approximate surface area is 147 Å². The van der Waals surface area contributed by atoms with E-state index in [4.69, 9.17) is 9.47 Å². The molecule has 1 amide bonds. The van der Waals surface area contributed by atoms with Crippen molar-refractivity contribution >= 4 is 18.0 Å². The van der Waals surface area contributed by atoms with Crippen LogP contribution in [0, 0.1) is 0 Å². The van der Waals surface area contributed by atoms with Gasteiger partial charge in [0.05, 0.1) is 13.0 Å².